The molecule has 0 amide bonds. The van der Waals surface area contributed by atoms with Gasteiger partial charge in [0.25, 0.3) is 5.69 Å². The predicted molar refractivity (Wildman–Crippen MR) is 76.7 cm³/mol. The first-order valence-corrected chi connectivity index (χ1v) is 6.70. The number of nitro benzene ring substituents is 1. The Balaban J connectivity index is 2.26. The second-order valence-corrected chi connectivity index (χ2v) is 5.03. The van der Waals surface area contributed by atoms with E-state index in [4.69, 9.17) is 5.26 Å². The number of hydrogen-bond donors (Lipinski definition) is 0. The first-order valence-electron chi connectivity index (χ1n) is 6.70. The summed E-state index contributed by atoms with van der Waals surface area (Å²) in [5, 5.41) is 20.0. The summed E-state index contributed by atoms with van der Waals surface area (Å²) >= 11 is 0. The molecule has 0 radical (unpaired) electrons. The fourth-order valence-electron chi connectivity index (χ4n) is 2.59. The summed E-state index contributed by atoms with van der Waals surface area (Å²) in [6.45, 7) is 4.67. The van der Waals surface area contributed by atoms with Gasteiger partial charge in [0.05, 0.1) is 16.6 Å². The molecule has 1 aromatic carbocycles. The number of rotatable bonds is 4. The second kappa shape index (κ2) is 5.88. The summed E-state index contributed by atoms with van der Waals surface area (Å²) in [4.78, 5) is 15.1. The van der Waals surface area contributed by atoms with Crippen molar-refractivity contribution < 1.29 is 4.92 Å². The molecule has 6 nitrogen and oxygen atoms in total. The minimum absolute atomic E-state index is 0.0175. The number of nitro groups is 1. The number of nitrogens with zero attached hydrogens (tertiary/aromatic N) is 4. The van der Waals surface area contributed by atoms with Crippen molar-refractivity contribution in [1.29, 1.82) is 5.26 Å². The van der Waals surface area contributed by atoms with Gasteiger partial charge in [-0.15, -0.1) is 0 Å². The van der Waals surface area contributed by atoms with Crippen LogP contribution in [0.4, 0.5) is 11.4 Å². The standard InChI is InChI=1S/C14H18N4O2/c1-3-16(2)12-6-7-17(10-12)13-5-4-11(9-15)8-14(13)18(19)20/h4-5,8,12H,3,6-7,10H2,1-2H3. The van der Waals surface area contributed by atoms with Crippen molar-refractivity contribution in [3.63, 3.8) is 0 Å². The van der Waals surface area contributed by atoms with Crippen molar-refractivity contribution >= 4 is 11.4 Å². The molecule has 0 aliphatic carbocycles. The number of nitriles is 1. The summed E-state index contributed by atoms with van der Waals surface area (Å²) in [6.07, 6.45) is 1.00. The lowest BCUT2D eigenvalue weighted by atomic mass is 10.1. The lowest BCUT2D eigenvalue weighted by Gasteiger charge is -2.23. The Labute approximate surface area is 118 Å². The van der Waals surface area contributed by atoms with Gasteiger partial charge in [-0.1, -0.05) is 6.92 Å². The summed E-state index contributed by atoms with van der Waals surface area (Å²) in [5.74, 6) is 0. The van der Waals surface area contributed by atoms with Crippen molar-refractivity contribution in [3.8, 4) is 6.07 Å². The third-order valence-electron chi connectivity index (χ3n) is 3.93. The Hall–Kier alpha value is -2.13. The zero-order valence-corrected chi connectivity index (χ0v) is 11.7. The Morgan fingerprint density at radius 2 is 2.35 bits per heavy atom. The number of hydrogen-bond acceptors (Lipinski definition) is 5. The Kier molecular flexibility index (Phi) is 4.20. The van der Waals surface area contributed by atoms with Crippen molar-refractivity contribution in [2.75, 3.05) is 31.6 Å². The molecule has 1 heterocycles. The zero-order chi connectivity index (χ0) is 14.7. The lowest BCUT2D eigenvalue weighted by molar-refractivity contribution is -0.384. The molecule has 0 N–H and O–H groups in total. The van der Waals surface area contributed by atoms with Crippen molar-refractivity contribution in [2.45, 2.75) is 19.4 Å². The highest BCUT2D eigenvalue weighted by Crippen LogP contribution is 2.32. The zero-order valence-electron chi connectivity index (χ0n) is 11.7. The molecule has 2 rings (SSSR count). The van der Waals surface area contributed by atoms with Gasteiger partial charge in [-0.3, -0.25) is 10.1 Å². The molecule has 6 heteroatoms. The maximum atomic E-state index is 11.2. The molecule has 1 unspecified atom stereocenters. The Bertz CT molecular complexity index is 553. The third kappa shape index (κ3) is 2.73. The van der Waals surface area contributed by atoms with E-state index in [2.05, 4.69) is 18.9 Å². The highest BCUT2D eigenvalue weighted by atomic mass is 16.6. The largest absolute Gasteiger partial charge is 0.364 e. The van der Waals surface area contributed by atoms with Crippen LogP contribution in [0.2, 0.25) is 0 Å². The quantitative estimate of drug-likeness (QED) is 0.620. The molecule has 1 aromatic rings. The van der Waals surface area contributed by atoms with Crippen molar-refractivity contribution in [2.24, 2.45) is 0 Å². The molecule has 106 valence electrons. The van der Waals surface area contributed by atoms with Crippen LogP contribution in [0.5, 0.6) is 0 Å². The highest BCUT2D eigenvalue weighted by molar-refractivity contribution is 5.66. The predicted octanol–water partition coefficient (Wildman–Crippen LogP) is 2.00. The molecule has 0 spiro atoms. The van der Waals surface area contributed by atoms with E-state index in [1.54, 1.807) is 12.1 Å². The fraction of sp³-hybridized carbons (Fsp3) is 0.500. The van der Waals surface area contributed by atoms with E-state index in [9.17, 15) is 10.1 Å². The third-order valence-corrected chi connectivity index (χ3v) is 3.93. The smallest absolute Gasteiger partial charge is 0.293 e. The average Bonchev–Trinajstić information content (AvgIpc) is 2.95. The maximum Gasteiger partial charge on any atom is 0.293 e. The van der Waals surface area contributed by atoms with Crippen LogP contribution in [-0.2, 0) is 0 Å². The SMILES string of the molecule is CCN(C)C1CCN(c2ccc(C#N)cc2[N+](=O)[O-])C1. The average molecular weight is 274 g/mol. The first kappa shape index (κ1) is 14.3. The van der Waals surface area contributed by atoms with E-state index in [0.717, 1.165) is 26.1 Å². The molecular formula is C14H18N4O2. The summed E-state index contributed by atoms with van der Waals surface area (Å²) < 4.78 is 0. The minimum atomic E-state index is -0.410. The fourth-order valence-corrected chi connectivity index (χ4v) is 2.59. The van der Waals surface area contributed by atoms with E-state index in [0.29, 0.717) is 17.3 Å². The minimum Gasteiger partial charge on any atom is -0.364 e. The maximum absolute atomic E-state index is 11.2. The van der Waals surface area contributed by atoms with E-state index < -0.39 is 4.92 Å². The Morgan fingerprint density at radius 1 is 1.60 bits per heavy atom. The van der Waals surface area contributed by atoms with Crippen molar-refractivity contribution in [3.05, 3.63) is 33.9 Å². The second-order valence-electron chi connectivity index (χ2n) is 5.03. The van der Waals surface area contributed by atoms with Gasteiger partial charge in [0.15, 0.2) is 0 Å². The lowest BCUT2D eigenvalue weighted by Crippen LogP contribution is -2.34. The van der Waals surface area contributed by atoms with E-state index in [1.165, 1.54) is 6.07 Å². The molecule has 0 bridgehead atoms. The van der Waals surface area contributed by atoms with Crippen LogP contribution < -0.4 is 4.90 Å². The van der Waals surface area contributed by atoms with Crippen LogP contribution in [0, 0.1) is 21.4 Å². The Morgan fingerprint density at radius 3 is 2.95 bits per heavy atom. The van der Waals surface area contributed by atoms with Gasteiger partial charge < -0.3 is 9.80 Å². The molecule has 1 saturated heterocycles. The molecule has 1 fully saturated rings. The monoisotopic (exact) mass is 274 g/mol. The van der Waals surface area contributed by atoms with Crippen LogP contribution in [0.3, 0.4) is 0 Å². The van der Waals surface area contributed by atoms with Gasteiger partial charge in [0, 0.05) is 25.2 Å². The van der Waals surface area contributed by atoms with Crippen LogP contribution in [-0.4, -0.2) is 42.5 Å². The van der Waals surface area contributed by atoms with Crippen LogP contribution in [0.1, 0.15) is 18.9 Å². The van der Waals surface area contributed by atoms with Gasteiger partial charge >= 0.3 is 0 Å². The van der Waals surface area contributed by atoms with Crippen LogP contribution >= 0.6 is 0 Å². The van der Waals surface area contributed by atoms with Crippen LogP contribution in [0.15, 0.2) is 18.2 Å². The van der Waals surface area contributed by atoms with Gasteiger partial charge in [-0.2, -0.15) is 5.26 Å². The van der Waals surface area contributed by atoms with E-state index in [-0.39, 0.29) is 5.69 Å². The van der Waals surface area contributed by atoms with Gasteiger partial charge in [0.2, 0.25) is 0 Å². The van der Waals surface area contributed by atoms with Gasteiger partial charge in [-0.25, -0.2) is 0 Å². The molecule has 1 aliphatic heterocycles. The number of anilines is 1. The van der Waals surface area contributed by atoms with E-state index in [1.807, 2.05) is 11.0 Å². The molecular weight excluding hydrogens is 256 g/mol. The highest BCUT2D eigenvalue weighted by Gasteiger charge is 2.29. The van der Waals surface area contributed by atoms with Crippen LogP contribution in [0.25, 0.3) is 0 Å². The molecule has 0 aromatic heterocycles. The molecule has 20 heavy (non-hydrogen) atoms. The molecule has 1 aliphatic rings. The normalized spacial score (nSPS) is 18.3. The van der Waals surface area contributed by atoms with Gasteiger partial charge in [-0.05, 0) is 32.1 Å². The number of benzene rings is 1. The summed E-state index contributed by atoms with van der Waals surface area (Å²) in [5.41, 5.74) is 0.951. The first-order chi connectivity index (χ1) is 9.56. The molecule has 1 atom stereocenters. The summed E-state index contributed by atoms with van der Waals surface area (Å²) in [6, 6.07) is 7.05. The number of likely N-dealkylation sites (N-methyl/N-ethyl adjacent to an activating group) is 1. The van der Waals surface area contributed by atoms with E-state index >= 15 is 0 Å². The molecule has 0 saturated carbocycles. The van der Waals surface area contributed by atoms with Gasteiger partial charge in [0.1, 0.15) is 5.69 Å². The topological polar surface area (TPSA) is 73.4 Å². The van der Waals surface area contributed by atoms with Crippen molar-refractivity contribution in [1.82, 2.24) is 4.90 Å². The summed E-state index contributed by atoms with van der Waals surface area (Å²) in [7, 11) is 2.07.